The first-order valence-electron chi connectivity index (χ1n) is 5.01. The van der Waals surface area contributed by atoms with Crippen molar-refractivity contribution in [3.8, 4) is 0 Å². The quantitative estimate of drug-likeness (QED) is 0.423. The first-order valence-corrected chi connectivity index (χ1v) is 5.01. The summed E-state index contributed by atoms with van der Waals surface area (Å²) in [7, 11) is 0. The Balaban J connectivity index is 4.18. The van der Waals surface area contributed by atoms with E-state index in [0.29, 0.717) is 26.4 Å². The summed E-state index contributed by atoms with van der Waals surface area (Å²) in [4.78, 5) is 0. The Bertz CT molecular complexity index is 137. The summed E-state index contributed by atoms with van der Waals surface area (Å²) in [5, 5.41) is 0. The molecule has 1 radical (unpaired) electrons. The summed E-state index contributed by atoms with van der Waals surface area (Å²) >= 11 is 0. The third-order valence-electron chi connectivity index (χ3n) is 1.70. The van der Waals surface area contributed by atoms with E-state index in [4.69, 9.17) is 14.2 Å². The molecule has 14 heavy (non-hydrogen) atoms. The Morgan fingerprint density at radius 1 is 1.21 bits per heavy atom. The van der Waals surface area contributed by atoms with Crippen molar-refractivity contribution >= 4 is 0 Å². The lowest BCUT2D eigenvalue weighted by Crippen LogP contribution is -2.39. The highest BCUT2D eigenvalue weighted by atomic mass is 16.7. The van der Waals surface area contributed by atoms with E-state index in [9.17, 15) is 0 Å². The number of hydrogen-bond acceptors (Lipinski definition) is 3. The van der Waals surface area contributed by atoms with Crippen molar-refractivity contribution < 1.29 is 14.2 Å². The van der Waals surface area contributed by atoms with Gasteiger partial charge in [-0.15, -0.1) is 0 Å². The van der Waals surface area contributed by atoms with E-state index in [2.05, 4.69) is 6.58 Å². The summed E-state index contributed by atoms with van der Waals surface area (Å²) in [6.07, 6.45) is 3.57. The zero-order chi connectivity index (χ0) is 10.9. The average molecular weight is 201 g/mol. The average Bonchev–Trinajstić information content (AvgIpc) is 2.22. The van der Waals surface area contributed by atoms with Gasteiger partial charge in [0.15, 0.2) is 0 Å². The van der Waals surface area contributed by atoms with E-state index in [1.165, 1.54) is 0 Å². The second-order valence-corrected chi connectivity index (χ2v) is 2.81. The first-order chi connectivity index (χ1) is 6.74. The highest BCUT2D eigenvalue weighted by Crippen LogP contribution is 2.15. The highest BCUT2D eigenvalue weighted by molar-refractivity contribution is 4.90. The Hall–Kier alpha value is -0.380. The van der Waals surface area contributed by atoms with Crippen molar-refractivity contribution in [3.05, 3.63) is 19.1 Å². The molecule has 0 aliphatic rings. The Morgan fingerprint density at radius 3 is 2.36 bits per heavy atom. The van der Waals surface area contributed by atoms with E-state index in [1.54, 1.807) is 6.08 Å². The molecule has 0 spiro atoms. The van der Waals surface area contributed by atoms with Gasteiger partial charge in [-0.05, 0) is 26.3 Å². The minimum absolute atomic E-state index is 0.384. The SMILES string of the molecule is C=CC(COCC)(OCC)OC[CH]C. The molecule has 0 heterocycles. The summed E-state index contributed by atoms with van der Waals surface area (Å²) in [6.45, 7) is 11.6. The Labute approximate surface area is 87.0 Å². The van der Waals surface area contributed by atoms with Gasteiger partial charge in [-0.1, -0.05) is 13.5 Å². The van der Waals surface area contributed by atoms with Crippen LogP contribution < -0.4 is 0 Å². The van der Waals surface area contributed by atoms with E-state index in [0.717, 1.165) is 0 Å². The lowest BCUT2D eigenvalue weighted by atomic mass is 10.3. The minimum atomic E-state index is -0.794. The fraction of sp³-hybridized carbons (Fsp3) is 0.727. The van der Waals surface area contributed by atoms with Gasteiger partial charge in [0.1, 0.15) is 6.61 Å². The molecule has 0 saturated heterocycles. The molecule has 0 N–H and O–H groups in total. The van der Waals surface area contributed by atoms with Crippen molar-refractivity contribution in [3.63, 3.8) is 0 Å². The number of hydrogen-bond donors (Lipinski definition) is 0. The van der Waals surface area contributed by atoms with Gasteiger partial charge >= 0.3 is 0 Å². The normalized spacial score (nSPS) is 15.1. The fourth-order valence-corrected chi connectivity index (χ4v) is 1.01. The zero-order valence-corrected chi connectivity index (χ0v) is 9.41. The Morgan fingerprint density at radius 2 is 1.93 bits per heavy atom. The molecular formula is C11H21O3. The fourth-order valence-electron chi connectivity index (χ4n) is 1.01. The van der Waals surface area contributed by atoms with Crippen LogP contribution in [0, 0.1) is 6.42 Å². The van der Waals surface area contributed by atoms with E-state index < -0.39 is 5.79 Å². The number of ether oxygens (including phenoxy) is 3. The number of rotatable bonds is 9. The van der Waals surface area contributed by atoms with Crippen LogP contribution in [0.5, 0.6) is 0 Å². The molecule has 0 aromatic rings. The zero-order valence-electron chi connectivity index (χ0n) is 9.41. The van der Waals surface area contributed by atoms with Gasteiger partial charge in [0.2, 0.25) is 5.79 Å². The predicted octanol–water partition coefficient (Wildman–Crippen LogP) is 2.18. The first kappa shape index (κ1) is 13.6. The van der Waals surface area contributed by atoms with Crippen molar-refractivity contribution in [2.45, 2.75) is 26.6 Å². The van der Waals surface area contributed by atoms with Crippen LogP contribution in [0.1, 0.15) is 20.8 Å². The maximum absolute atomic E-state index is 5.55. The van der Waals surface area contributed by atoms with Crippen LogP contribution >= 0.6 is 0 Å². The van der Waals surface area contributed by atoms with E-state index >= 15 is 0 Å². The van der Waals surface area contributed by atoms with Crippen LogP contribution in [0.2, 0.25) is 0 Å². The molecule has 0 aliphatic heterocycles. The highest BCUT2D eigenvalue weighted by Gasteiger charge is 2.27. The summed E-state index contributed by atoms with van der Waals surface area (Å²) in [6, 6.07) is 0. The maximum atomic E-state index is 5.55. The predicted molar refractivity (Wildman–Crippen MR) is 57.0 cm³/mol. The van der Waals surface area contributed by atoms with Gasteiger partial charge in [-0.2, -0.15) is 0 Å². The van der Waals surface area contributed by atoms with Crippen LogP contribution in [0.3, 0.4) is 0 Å². The summed E-state index contributed by atoms with van der Waals surface area (Å²) in [5.74, 6) is -0.794. The molecule has 0 aliphatic carbocycles. The molecular weight excluding hydrogens is 180 g/mol. The van der Waals surface area contributed by atoms with Gasteiger partial charge in [0.05, 0.1) is 6.61 Å². The standard InChI is InChI=1S/C11H21O3/c1-5-9-14-11(6-2,13-8-4)10-12-7-3/h5-6H,2,7-10H2,1,3-4H3. The third-order valence-corrected chi connectivity index (χ3v) is 1.70. The molecule has 0 aromatic carbocycles. The molecule has 0 bridgehead atoms. The second-order valence-electron chi connectivity index (χ2n) is 2.81. The smallest absolute Gasteiger partial charge is 0.211 e. The largest absolute Gasteiger partial charge is 0.376 e. The lowest BCUT2D eigenvalue weighted by molar-refractivity contribution is -0.223. The van der Waals surface area contributed by atoms with E-state index in [-0.39, 0.29) is 0 Å². The molecule has 0 saturated carbocycles. The van der Waals surface area contributed by atoms with Gasteiger partial charge in [-0.25, -0.2) is 0 Å². The van der Waals surface area contributed by atoms with Crippen LogP contribution in [-0.2, 0) is 14.2 Å². The molecule has 1 atom stereocenters. The summed E-state index contributed by atoms with van der Waals surface area (Å²) in [5.41, 5.74) is 0. The molecule has 0 amide bonds. The minimum Gasteiger partial charge on any atom is -0.376 e. The van der Waals surface area contributed by atoms with Crippen LogP contribution in [-0.4, -0.2) is 32.2 Å². The molecule has 0 rings (SSSR count). The van der Waals surface area contributed by atoms with Crippen molar-refractivity contribution in [2.75, 3.05) is 26.4 Å². The molecule has 3 heteroatoms. The van der Waals surface area contributed by atoms with E-state index in [1.807, 2.05) is 27.2 Å². The van der Waals surface area contributed by atoms with Gasteiger partial charge < -0.3 is 14.2 Å². The maximum Gasteiger partial charge on any atom is 0.211 e. The molecule has 0 fully saturated rings. The van der Waals surface area contributed by atoms with Crippen LogP contribution in [0.25, 0.3) is 0 Å². The van der Waals surface area contributed by atoms with Crippen molar-refractivity contribution in [2.24, 2.45) is 0 Å². The monoisotopic (exact) mass is 201 g/mol. The lowest BCUT2D eigenvalue weighted by Gasteiger charge is -2.29. The van der Waals surface area contributed by atoms with Gasteiger partial charge in [0, 0.05) is 13.2 Å². The topological polar surface area (TPSA) is 27.7 Å². The van der Waals surface area contributed by atoms with Crippen LogP contribution in [0.15, 0.2) is 12.7 Å². The van der Waals surface area contributed by atoms with Crippen molar-refractivity contribution in [1.82, 2.24) is 0 Å². The Kier molecular flexibility index (Phi) is 7.76. The summed E-state index contributed by atoms with van der Waals surface area (Å²) < 4.78 is 16.4. The molecule has 1 unspecified atom stereocenters. The second kappa shape index (κ2) is 7.97. The molecule has 83 valence electrons. The van der Waals surface area contributed by atoms with Gasteiger partial charge in [-0.3, -0.25) is 0 Å². The van der Waals surface area contributed by atoms with Crippen molar-refractivity contribution in [1.29, 1.82) is 0 Å². The molecule has 3 nitrogen and oxygen atoms in total. The van der Waals surface area contributed by atoms with Crippen LogP contribution in [0.4, 0.5) is 0 Å². The van der Waals surface area contributed by atoms with Gasteiger partial charge in [0.25, 0.3) is 0 Å². The molecule has 0 aromatic heterocycles. The third kappa shape index (κ3) is 4.74.